The molecule has 3 aromatic rings. The molecule has 100 valence electrons. The number of nitrogens with two attached hydrogens (primary N) is 1. The number of aryl methyl sites for hydroxylation is 1. The molecule has 1 aromatic heterocycles. The maximum absolute atomic E-state index is 5.94. The Morgan fingerprint density at radius 2 is 1.80 bits per heavy atom. The Labute approximate surface area is 124 Å². The van der Waals surface area contributed by atoms with Crippen molar-refractivity contribution in [3.05, 3.63) is 52.6 Å². The summed E-state index contributed by atoms with van der Waals surface area (Å²) in [4.78, 5) is 0. The molecule has 0 bridgehead atoms. The maximum atomic E-state index is 5.94. The van der Waals surface area contributed by atoms with Gasteiger partial charge in [0, 0.05) is 15.2 Å². The van der Waals surface area contributed by atoms with Gasteiger partial charge in [-0.25, -0.2) is 0 Å². The average Bonchev–Trinajstić information content (AvgIpc) is 2.45. The Morgan fingerprint density at radius 3 is 2.55 bits per heavy atom. The molecule has 0 spiro atoms. The number of benzene rings is 2. The smallest absolute Gasteiger partial charge is 0.246 e. The fraction of sp³-hybridized carbons (Fsp3) is 0.0667. The van der Waals surface area contributed by atoms with Crippen LogP contribution in [0.5, 0.6) is 11.6 Å². The summed E-state index contributed by atoms with van der Waals surface area (Å²) in [7, 11) is 0. The number of fused-ring (bicyclic) bond motifs is 1. The van der Waals surface area contributed by atoms with E-state index >= 15 is 0 Å². The van der Waals surface area contributed by atoms with Gasteiger partial charge in [0.25, 0.3) is 0 Å². The number of hydrogen-bond acceptors (Lipinski definition) is 4. The molecule has 2 N–H and O–H groups in total. The molecule has 0 amide bonds. The molecule has 0 saturated carbocycles. The van der Waals surface area contributed by atoms with Crippen molar-refractivity contribution in [1.82, 2.24) is 10.2 Å². The summed E-state index contributed by atoms with van der Waals surface area (Å²) in [5.41, 5.74) is 7.36. The average molecular weight is 330 g/mol. The SMILES string of the molecule is Cc1nnc(Oc2ccc(Br)cc2N)c2ccccc12. The second-order valence-corrected chi connectivity index (χ2v) is 5.34. The molecule has 0 aliphatic carbocycles. The molecule has 20 heavy (non-hydrogen) atoms. The second kappa shape index (κ2) is 5.09. The standard InChI is InChI=1S/C15H12BrN3O/c1-9-11-4-2-3-5-12(11)15(19-18-9)20-14-7-6-10(16)8-13(14)17/h2-8H,17H2,1H3. The first-order valence-corrected chi connectivity index (χ1v) is 6.89. The monoisotopic (exact) mass is 329 g/mol. The van der Waals surface area contributed by atoms with Crippen LogP contribution >= 0.6 is 15.9 Å². The van der Waals surface area contributed by atoms with Gasteiger partial charge in [0.2, 0.25) is 5.88 Å². The van der Waals surface area contributed by atoms with Crippen molar-refractivity contribution in [1.29, 1.82) is 0 Å². The molecule has 1 heterocycles. The number of nitrogen functional groups attached to an aromatic ring is 1. The molecule has 3 rings (SSSR count). The van der Waals surface area contributed by atoms with Gasteiger partial charge in [0.05, 0.1) is 11.4 Å². The van der Waals surface area contributed by atoms with E-state index < -0.39 is 0 Å². The van der Waals surface area contributed by atoms with Crippen molar-refractivity contribution in [3.8, 4) is 11.6 Å². The van der Waals surface area contributed by atoms with E-state index in [9.17, 15) is 0 Å². The van der Waals surface area contributed by atoms with E-state index in [4.69, 9.17) is 10.5 Å². The summed E-state index contributed by atoms with van der Waals surface area (Å²) in [6.45, 7) is 1.92. The van der Waals surface area contributed by atoms with Crippen molar-refractivity contribution in [3.63, 3.8) is 0 Å². The fourth-order valence-electron chi connectivity index (χ4n) is 2.01. The summed E-state index contributed by atoms with van der Waals surface area (Å²) in [5, 5.41) is 10.2. The highest BCUT2D eigenvalue weighted by molar-refractivity contribution is 9.10. The lowest BCUT2D eigenvalue weighted by molar-refractivity contribution is 0.463. The highest BCUT2D eigenvalue weighted by Gasteiger charge is 2.10. The minimum Gasteiger partial charge on any atom is -0.435 e. The van der Waals surface area contributed by atoms with Crippen molar-refractivity contribution in [2.45, 2.75) is 6.92 Å². The summed E-state index contributed by atoms with van der Waals surface area (Å²) in [6.07, 6.45) is 0. The number of halogens is 1. The van der Waals surface area contributed by atoms with Crippen LogP contribution in [0.3, 0.4) is 0 Å². The fourth-order valence-corrected chi connectivity index (χ4v) is 2.38. The Morgan fingerprint density at radius 1 is 1.05 bits per heavy atom. The molecule has 5 heteroatoms. The molecule has 0 unspecified atom stereocenters. The first-order valence-electron chi connectivity index (χ1n) is 6.10. The second-order valence-electron chi connectivity index (χ2n) is 4.42. The van der Waals surface area contributed by atoms with Crippen LogP contribution in [0.25, 0.3) is 10.8 Å². The lowest BCUT2D eigenvalue weighted by atomic mass is 10.1. The third-order valence-corrected chi connectivity index (χ3v) is 3.51. The molecule has 0 radical (unpaired) electrons. The molecular weight excluding hydrogens is 318 g/mol. The van der Waals surface area contributed by atoms with Crippen molar-refractivity contribution < 1.29 is 4.74 Å². The topological polar surface area (TPSA) is 61.0 Å². The lowest BCUT2D eigenvalue weighted by Gasteiger charge is -2.10. The van der Waals surface area contributed by atoms with Gasteiger partial charge < -0.3 is 10.5 Å². The zero-order valence-corrected chi connectivity index (χ0v) is 12.4. The molecule has 0 fully saturated rings. The first-order chi connectivity index (χ1) is 9.65. The van der Waals surface area contributed by atoms with Gasteiger partial charge >= 0.3 is 0 Å². The maximum Gasteiger partial charge on any atom is 0.246 e. The van der Waals surface area contributed by atoms with Gasteiger partial charge in [-0.15, -0.1) is 5.10 Å². The largest absolute Gasteiger partial charge is 0.435 e. The number of ether oxygens (including phenoxy) is 1. The molecule has 2 aromatic carbocycles. The minimum absolute atomic E-state index is 0.459. The molecule has 0 aliphatic heterocycles. The summed E-state index contributed by atoms with van der Waals surface area (Å²) >= 11 is 3.37. The summed E-state index contributed by atoms with van der Waals surface area (Å²) in [6, 6.07) is 13.3. The predicted octanol–water partition coefficient (Wildman–Crippen LogP) is 4.08. The zero-order valence-electron chi connectivity index (χ0n) is 10.8. The van der Waals surface area contributed by atoms with Crippen LogP contribution < -0.4 is 10.5 Å². The van der Waals surface area contributed by atoms with Crippen LogP contribution in [0.1, 0.15) is 5.69 Å². The molecule has 0 saturated heterocycles. The van der Waals surface area contributed by atoms with E-state index in [-0.39, 0.29) is 0 Å². The Kier molecular flexibility index (Phi) is 3.28. The Hall–Kier alpha value is -2.14. The van der Waals surface area contributed by atoms with E-state index in [1.165, 1.54) is 0 Å². The summed E-state index contributed by atoms with van der Waals surface area (Å²) in [5.74, 6) is 1.02. The number of anilines is 1. The van der Waals surface area contributed by atoms with Gasteiger partial charge in [0.1, 0.15) is 0 Å². The Balaban J connectivity index is 2.09. The quantitative estimate of drug-likeness (QED) is 0.720. The summed E-state index contributed by atoms with van der Waals surface area (Å²) < 4.78 is 6.72. The van der Waals surface area contributed by atoms with Crippen molar-refractivity contribution in [2.24, 2.45) is 0 Å². The van der Waals surface area contributed by atoms with E-state index in [1.54, 1.807) is 12.1 Å². The van der Waals surface area contributed by atoms with Gasteiger partial charge in [-0.2, -0.15) is 5.10 Å². The van der Waals surface area contributed by atoms with Crippen LogP contribution in [-0.4, -0.2) is 10.2 Å². The van der Waals surface area contributed by atoms with Crippen molar-refractivity contribution >= 4 is 32.4 Å². The van der Waals surface area contributed by atoms with Gasteiger partial charge in [0.15, 0.2) is 5.75 Å². The van der Waals surface area contributed by atoms with Gasteiger partial charge in [-0.05, 0) is 31.2 Å². The first kappa shape index (κ1) is 12.9. The predicted molar refractivity (Wildman–Crippen MR) is 82.9 cm³/mol. The number of hydrogen-bond donors (Lipinski definition) is 1. The van der Waals surface area contributed by atoms with Crippen LogP contribution in [-0.2, 0) is 0 Å². The zero-order chi connectivity index (χ0) is 14.1. The number of aromatic nitrogens is 2. The Bertz CT molecular complexity index is 789. The van der Waals surface area contributed by atoms with Crippen LogP contribution in [0.15, 0.2) is 46.9 Å². The van der Waals surface area contributed by atoms with Gasteiger partial charge in [-0.1, -0.05) is 34.1 Å². The van der Waals surface area contributed by atoms with E-state index in [2.05, 4.69) is 26.1 Å². The van der Waals surface area contributed by atoms with E-state index in [0.717, 1.165) is 20.9 Å². The van der Waals surface area contributed by atoms with Gasteiger partial charge in [-0.3, -0.25) is 0 Å². The third-order valence-electron chi connectivity index (χ3n) is 3.02. The lowest BCUT2D eigenvalue weighted by Crippen LogP contribution is -1.97. The van der Waals surface area contributed by atoms with Crippen LogP contribution in [0.2, 0.25) is 0 Å². The molecular formula is C15H12BrN3O. The van der Waals surface area contributed by atoms with E-state index in [1.807, 2.05) is 37.3 Å². The van der Waals surface area contributed by atoms with Crippen LogP contribution in [0.4, 0.5) is 5.69 Å². The molecule has 0 aliphatic rings. The number of rotatable bonds is 2. The van der Waals surface area contributed by atoms with E-state index in [0.29, 0.717) is 17.3 Å². The highest BCUT2D eigenvalue weighted by atomic mass is 79.9. The normalized spacial score (nSPS) is 10.7. The minimum atomic E-state index is 0.459. The third kappa shape index (κ3) is 2.32. The highest BCUT2D eigenvalue weighted by Crippen LogP contribution is 2.32. The van der Waals surface area contributed by atoms with Crippen LogP contribution in [0, 0.1) is 6.92 Å². The molecule has 0 atom stereocenters. The van der Waals surface area contributed by atoms with Crippen molar-refractivity contribution in [2.75, 3.05) is 5.73 Å². The number of nitrogens with zero attached hydrogens (tertiary/aromatic N) is 2. The molecule has 4 nitrogen and oxygen atoms in total.